The van der Waals surface area contributed by atoms with E-state index in [9.17, 15) is 14.9 Å². The van der Waals surface area contributed by atoms with Gasteiger partial charge in [0.15, 0.2) is 5.76 Å². The van der Waals surface area contributed by atoms with Crippen LogP contribution in [0.4, 0.5) is 11.6 Å². The van der Waals surface area contributed by atoms with Gasteiger partial charge in [-0.05, 0) is 36.6 Å². The molecule has 0 radical (unpaired) electrons. The molecular weight excluding hydrogens is 276 g/mol. The summed E-state index contributed by atoms with van der Waals surface area (Å²) in [5.74, 6) is -1.15. The second kappa shape index (κ2) is 6.67. The number of benzene rings is 1. The molecule has 2 aromatic rings. The fraction of sp³-hybridized carbons (Fsp3) is 0.214. The highest BCUT2D eigenvalue weighted by atomic mass is 16.6. The normalized spacial score (nSPS) is 10.3. The molecule has 0 fully saturated rings. The van der Waals surface area contributed by atoms with Crippen LogP contribution in [0.1, 0.15) is 22.5 Å². The Kier molecular flexibility index (Phi) is 4.68. The first-order valence-corrected chi connectivity index (χ1v) is 6.35. The zero-order chi connectivity index (χ0) is 15.2. The number of aliphatic hydroxyl groups is 1. The van der Waals surface area contributed by atoms with Gasteiger partial charge in [0.25, 0.3) is 5.91 Å². The van der Waals surface area contributed by atoms with Gasteiger partial charge in [-0.15, -0.1) is 0 Å². The lowest BCUT2D eigenvalue weighted by Crippen LogP contribution is -2.11. The molecule has 0 aliphatic heterocycles. The Bertz CT molecular complexity index is 650. The van der Waals surface area contributed by atoms with Crippen LogP contribution in [0.5, 0.6) is 0 Å². The predicted molar refractivity (Wildman–Crippen MR) is 75.2 cm³/mol. The molecule has 0 saturated heterocycles. The SMILES string of the molecule is O=C(Nc1cccc(CCCO)c1)c1ccc([N+](=O)[O-])o1. The van der Waals surface area contributed by atoms with Crippen molar-refractivity contribution in [2.45, 2.75) is 12.8 Å². The van der Waals surface area contributed by atoms with Crippen LogP contribution in [0.25, 0.3) is 0 Å². The average molecular weight is 290 g/mol. The molecule has 0 bridgehead atoms. The molecule has 1 heterocycles. The number of hydrogen-bond acceptors (Lipinski definition) is 5. The largest absolute Gasteiger partial charge is 0.433 e. The van der Waals surface area contributed by atoms with Crippen LogP contribution in [0.15, 0.2) is 40.8 Å². The van der Waals surface area contributed by atoms with Crippen molar-refractivity contribution in [2.75, 3.05) is 11.9 Å². The highest BCUT2D eigenvalue weighted by molar-refractivity contribution is 6.02. The summed E-state index contributed by atoms with van der Waals surface area (Å²) in [5, 5.41) is 21.9. The monoisotopic (exact) mass is 290 g/mol. The number of amides is 1. The number of nitrogens with zero attached hydrogens (tertiary/aromatic N) is 1. The van der Waals surface area contributed by atoms with Crippen LogP contribution < -0.4 is 5.32 Å². The number of nitrogens with one attached hydrogen (secondary N) is 1. The maximum Gasteiger partial charge on any atom is 0.433 e. The summed E-state index contributed by atoms with van der Waals surface area (Å²) in [6, 6.07) is 9.55. The molecule has 2 N–H and O–H groups in total. The van der Waals surface area contributed by atoms with Crippen molar-refractivity contribution >= 4 is 17.5 Å². The number of furan rings is 1. The number of carbonyl (C=O) groups excluding carboxylic acids is 1. The smallest absolute Gasteiger partial charge is 0.396 e. The van der Waals surface area contributed by atoms with Crippen LogP contribution in [-0.2, 0) is 6.42 Å². The van der Waals surface area contributed by atoms with Gasteiger partial charge in [-0.2, -0.15) is 0 Å². The second-order valence-electron chi connectivity index (χ2n) is 4.38. The molecule has 0 aliphatic carbocycles. The molecule has 0 spiro atoms. The molecule has 7 heteroatoms. The molecule has 1 aromatic heterocycles. The van der Waals surface area contributed by atoms with Gasteiger partial charge in [-0.25, -0.2) is 0 Å². The molecule has 1 aromatic carbocycles. The third-order valence-corrected chi connectivity index (χ3v) is 2.80. The molecule has 0 atom stereocenters. The van der Waals surface area contributed by atoms with E-state index < -0.39 is 16.7 Å². The summed E-state index contributed by atoms with van der Waals surface area (Å²) in [5.41, 5.74) is 1.54. The van der Waals surface area contributed by atoms with Gasteiger partial charge in [0, 0.05) is 12.3 Å². The molecule has 7 nitrogen and oxygen atoms in total. The van der Waals surface area contributed by atoms with Gasteiger partial charge < -0.3 is 14.8 Å². The maximum absolute atomic E-state index is 11.9. The topological polar surface area (TPSA) is 106 Å². The Hall–Kier alpha value is -2.67. The maximum atomic E-state index is 11.9. The summed E-state index contributed by atoms with van der Waals surface area (Å²) < 4.78 is 4.83. The lowest BCUT2D eigenvalue weighted by atomic mass is 10.1. The van der Waals surface area contributed by atoms with E-state index in [0.29, 0.717) is 18.5 Å². The van der Waals surface area contributed by atoms with E-state index >= 15 is 0 Å². The molecule has 1 amide bonds. The van der Waals surface area contributed by atoms with E-state index in [1.165, 1.54) is 6.07 Å². The van der Waals surface area contributed by atoms with Gasteiger partial charge in [-0.1, -0.05) is 12.1 Å². The predicted octanol–water partition coefficient (Wildman–Crippen LogP) is 2.37. The lowest BCUT2D eigenvalue weighted by molar-refractivity contribution is -0.402. The summed E-state index contributed by atoms with van der Waals surface area (Å²) in [7, 11) is 0. The van der Waals surface area contributed by atoms with Gasteiger partial charge in [0.1, 0.15) is 4.92 Å². The molecule has 0 aliphatic rings. The first-order chi connectivity index (χ1) is 10.1. The van der Waals surface area contributed by atoms with E-state index in [0.717, 1.165) is 11.6 Å². The molecular formula is C14H14N2O5. The quantitative estimate of drug-likeness (QED) is 0.627. The van der Waals surface area contributed by atoms with E-state index in [1.807, 2.05) is 6.07 Å². The number of aryl methyl sites for hydroxylation is 1. The Morgan fingerprint density at radius 2 is 2.14 bits per heavy atom. The Morgan fingerprint density at radius 1 is 1.33 bits per heavy atom. The number of hydrogen-bond donors (Lipinski definition) is 2. The summed E-state index contributed by atoms with van der Waals surface area (Å²) in [6.07, 6.45) is 1.34. The van der Waals surface area contributed by atoms with E-state index in [2.05, 4.69) is 5.32 Å². The zero-order valence-electron chi connectivity index (χ0n) is 11.1. The minimum Gasteiger partial charge on any atom is -0.396 e. The van der Waals surface area contributed by atoms with Crippen molar-refractivity contribution in [2.24, 2.45) is 0 Å². The molecule has 21 heavy (non-hydrogen) atoms. The van der Waals surface area contributed by atoms with E-state index in [4.69, 9.17) is 9.52 Å². The van der Waals surface area contributed by atoms with Crippen LogP contribution in [-0.4, -0.2) is 22.5 Å². The number of carbonyl (C=O) groups is 1. The fourth-order valence-electron chi connectivity index (χ4n) is 1.83. The second-order valence-corrected chi connectivity index (χ2v) is 4.38. The molecule has 110 valence electrons. The summed E-state index contributed by atoms with van der Waals surface area (Å²) in [6.45, 7) is 0.104. The van der Waals surface area contributed by atoms with Gasteiger partial charge >= 0.3 is 5.88 Å². The zero-order valence-corrected chi connectivity index (χ0v) is 11.1. The third-order valence-electron chi connectivity index (χ3n) is 2.80. The fourth-order valence-corrected chi connectivity index (χ4v) is 1.83. The minimum absolute atomic E-state index is 0.104. The Balaban J connectivity index is 2.06. The first-order valence-electron chi connectivity index (χ1n) is 6.35. The van der Waals surface area contributed by atoms with Gasteiger partial charge in [-0.3, -0.25) is 14.9 Å². The third kappa shape index (κ3) is 3.90. The lowest BCUT2D eigenvalue weighted by Gasteiger charge is -2.05. The van der Waals surface area contributed by atoms with Crippen LogP contribution in [0.3, 0.4) is 0 Å². The van der Waals surface area contributed by atoms with E-state index in [1.54, 1.807) is 18.2 Å². The highest BCUT2D eigenvalue weighted by Gasteiger charge is 2.17. The first kappa shape index (κ1) is 14.7. The van der Waals surface area contributed by atoms with Crippen LogP contribution >= 0.6 is 0 Å². The number of anilines is 1. The highest BCUT2D eigenvalue weighted by Crippen LogP contribution is 2.18. The number of nitro groups is 1. The van der Waals surface area contributed by atoms with Crippen molar-refractivity contribution in [3.05, 3.63) is 57.8 Å². The molecule has 2 rings (SSSR count). The van der Waals surface area contributed by atoms with Crippen molar-refractivity contribution in [3.63, 3.8) is 0 Å². The average Bonchev–Trinajstić information content (AvgIpc) is 2.95. The summed E-state index contributed by atoms with van der Waals surface area (Å²) in [4.78, 5) is 21.7. The van der Waals surface area contributed by atoms with Crippen molar-refractivity contribution in [1.29, 1.82) is 0 Å². The Morgan fingerprint density at radius 3 is 2.81 bits per heavy atom. The standard InChI is InChI=1S/C14H14N2O5/c17-8-2-4-10-3-1-5-11(9-10)15-14(18)12-6-7-13(21-12)16(19)20/h1,3,5-7,9,17H,2,4,8H2,(H,15,18). The Labute approximate surface area is 120 Å². The van der Waals surface area contributed by atoms with Gasteiger partial charge in [0.2, 0.25) is 0 Å². The van der Waals surface area contributed by atoms with Crippen LogP contribution in [0, 0.1) is 10.1 Å². The van der Waals surface area contributed by atoms with Crippen molar-refractivity contribution < 1.29 is 19.2 Å². The van der Waals surface area contributed by atoms with E-state index in [-0.39, 0.29) is 12.4 Å². The van der Waals surface area contributed by atoms with Crippen molar-refractivity contribution in [1.82, 2.24) is 0 Å². The number of aliphatic hydroxyl groups excluding tert-OH is 1. The van der Waals surface area contributed by atoms with Crippen LogP contribution in [0.2, 0.25) is 0 Å². The van der Waals surface area contributed by atoms with Crippen molar-refractivity contribution in [3.8, 4) is 0 Å². The molecule has 0 saturated carbocycles. The molecule has 0 unspecified atom stereocenters. The number of rotatable bonds is 6. The summed E-state index contributed by atoms with van der Waals surface area (Å²) >= 11 is 0. The minimum atomic E-state index is -0.702. The van der Waals surface area contributed by atoms with Gasteiger partial charge in [0.05, 0.1) is 6.07 Å².